The smallest absolute Gasteiger partial charge is 0.347 e. The Labute approximate surface area is 224 Å². The van der Waals surface area contributed by atoms with Gasteiger partial charge in [0.15, 0.2) is 5.60 Å². The fraction of sp³-hybridized carbons (Fsp3) is 0.433. The number of carboxylic acid groups (broad SMARTS) is 1. The Kier molecular flexibility index (Phi) is 8.31. The SMILES string of the molecule is Cc1cc(CN2CCN(c3ncc(-c4cccc(F)c4)cn3)[C@H](CC(C)C)C2)cc(OC(C)(C)C(=O)O)c1. The van der Waals surface area contributed by atoms with Crippen LogP contribution < -0.4 is 9.64 Å². The molecule has 1 aliphatic rings. The van der Waals surface area contributed by atoms with Crippen molar-refractivity contribution < 1.29 is 19.0 Å². The largest absolute Gasteiger partial charge is 0.478 e. The second kappa shape index (κ2) is 11.5. The van der Waals surface area contributed by atoms with E-state index in [2.05, 4.69) is 39.7 Å². The summed E-state index contributed by atoms with van der Waals surface area (Å²) in [6, 6.07) is 12.6. The molecule has 7 nitrogen and oxygen atoms in total. The molecule has 0 bridgehead atoms. The van der Waals surface area contributed by atoms with Crippen LogP contribution in [0.2, 0.25) is 0 Å². The van der Waals surface area contributed by atoms with Gasteiger partial charge in [-0.15, -0.1) is 0 Å². The lowest BCUT2D eigenvalue weighted by atomic mass is 9.99. The number of aryl methyl sites for hydroxylation is 1. The molecular weight excluding hydrogens is 483 g/mol. The summed E-state index contributed by atoms with van der Waals surface area (Å²) in [4.78, 5) is 25.5. The second-order valence-electron chi connectivity index (χ2n) is 11.1. The first-order valence-corrected chi connectivity index (χ1v) is 13.1. The summed E-state index contributed by atoms with van der Waals surface area (Å²) in [6.45, 7) is 12.8. The number of piperazine rings is 1. The third kappa shape index (κ3) is 6.86. The molecule has 0 aliphatic carbocycles. The van der Waals surface area contributed by atoms with E-state index >= 15 is 0 Å². The van der Waals surface area contributed by atoms with Gasteiger partial charge in [-0.1, -0.05) is 32.0 Å². The van der Waals surface area contributed by atoms with Crippen LogP contribution in [-0.4, -0.2) is 57.2 Å². The van der Waals surface area contributed by atoms with Crippen LogP contribution in [0.5, 0.6) is 5.75 Å². The van der Waals surface area contributed by atoms with Crippen LogP contribution in [0.3, 0.4) is 0 Å². The molecule has 0 radical (unpaired) electrons. The molecule has 1 atom stereocenters. The van der Waals surface area contributed by atoms with E-state index in [1.165, 1.54) is 12.1 Å². The van der Waals surface area contributed by atoms with Crippen LogP contribution in [0.4, 0.5) is 10.3 Å². The number of hydrogen-bond acceptors (Lipinski definition) is 6. The number of rotatable bonds is 9. The minimum absolute atomic E-state index is 0.246. The summed E-state index contributed by atoms with van der Waals surface area (Å²) in [7, 11) is 0. The third-order valence-corrected chi connectivity index (χ3v) is 6.77. The van der Waals surface area contributed by atoms with Gasteiger partial charge in [0.2, 0.25) is 5.95 Å². The summed E-state index contributed by atoms with van der Waals surface area (Å²) in [6.07, 6.45) is 4.53. The molecule has 1 fully saturated rings. The van der Waals surface area contributed by atoms with Gasteiger partial charge >= 0.3 is 5.97 Å². The fourth-order valence-electron chi connectivity index (χ4n) is 4.93. The summed E-state index contributed by atoms with van der Waals surface area (Å²) in [5.74, 6) is 0.484. The molecule has 1 aromatic heterocycles. The number of aliphatic carboxylic acids is 1. The van der Waals surface area contributed by atoms with Crippen molar-refractivity contribution in [2.24, 2.45) is 5.92 Å². The van der Waals surface area contributed by atoms with Gasteiger partial charge < -0.3 is 14.7 Å². The predicted octanol–water partition coefficient (Wildman–Crippen LogP) is 5.57. The highest BCUT2D eigenvalue weighted by Gasteiger charge is 2.31. The van der Waals surface area contributed by atoms with E-state index in [0.717, 1.165) is 54.9 Å². The van der Waals surface area contributed by atoms with Crippen molar-refractivity contribution in [1.82, 2.24) is 14.9 Å². The van der Waals surface area contributed by atoms with Crippen LogP contribution in [-0.2, 0) is 11.3 Å². The molecule has 1 saturated heterocycles. The Bertz CT molecular complexity index is 1260. The molecule has 0 unspecified atom stereocenters. The number of aromatic nitrogens is 2. The monoisotopic (exact) mass is 520 g/mol. The first kappa shape index (κ1) is 27.5. The lowest BCUT2D eigenvalue weighted by molar-refractivity contribution is -0.152. The number of carbonyl (C=O) groups is 1. The Morgan fingerprint density at radius 1 is 1.13 bits per heavy atom. The molecule has 1 aliphatic heterocycles. The predicted molar refractivity (Wildman–Crippen MR) is 147 cm³/mol. The Morgan fingerprint density at radius 2 is 1.87 bits per heavy atom. The van der Waals surface area contributed by atoms with Crippen LogP contribution in [0.15, 0.2) is 54.9 Å². The van der Waals surface area contributed by atoms with Crippen LogP contribution >= 0.6 is 0 Å². The van der Waals surface area contributed by atoms with Gasteiger partial charge in [-0.25, -0.2) is 19.2 Å². The van der Waals surface area contributed by atoms with E-state index < -0.39 is 11.6 Å². The van der Waals surface area contributed by atoms with Crippen molar-refractivity contribution in [3.8, 4) is 16.9 Å². The zero-order chi connectivity index (χ0) is 27.4. The number of benzene rings is 2. The first-order valence-electron chi connectivity index (χ1n) is 13.1. The van der Waals surface area contributed by atoms with Crippen molar-refractivity contribution in [1.29, 1.82) is 0 Å². The number of hydrogen-bond donors (Lipinski definition) is 1. The molecule has 2 aromatic carbocycles. The molecule has 8 heteroatoms. The van der Waals surface area contributed by atoms with E-state index in [9.17, 15) is 14.3 Å². The van der Waals surface area contributed by atoms with Gasteiger partial charge in [0.1, 0.15) is 11.6 Å². The number of anilines is 1. The number of nitrogens with zero attached hydrogens (tertiary/aromatic N) is 4. The van der Waals surface area contributed by atoms with E-state index in [1.54, 1.807) is 32.3 Å². The lowest BCUT2D eigenvalue weighted by Crippen LogP contribution is -2.54. The van der Waals surface area contributed by atoms with Crippen molar-refractivity contribution in [3.63, 3.8) is 0 Å². The van der Waals surface area contributed by atoms with Crippen LogP contribution in [0.25, 0.3) is 11.1 Å². The van der Waals surface area contributed by atoms with Gasteiger partial charge in [0, 0.05) is 50.2 Å². The topological polar surface area (TPSA) is 78.8 Å². The molecule has 202 valence electrons. The van der Waals surface area contributed by atoms with Gasteiger partial charge in [0.05, 0.1) is 0 Å². The second-order valence-corrected chi connectivity index (χ2v) is 11.1. The molecule has 0 amide bonds. The maximum atomic E-state index is 13.7. The van der Waals surface area contributed by atoms with Gasteiger partial charge in [-0.3, -0.25) is 4.90 Å². The Hall–Kier alpha value is -3.52. The van der Waals surface area contributed by atoms with Gasteiger partial charge in [-0.2, -0.15) is 0 Å². The molecular formula is C30H37FN4O3. The van der Waals surface area contributed by atoms with Crippen molar-refractivity contribution in [2.75, 3.05) is 24.5 Å². The molecule has 38 heavy (non-hydrogen) atoms. The minimum atomic E-state index is -1.30. The third-order valence-electron chi connectivity index (χ3n) is 6.77. The zero-order valence-electron chi connectivity index (χ0n) is 22.8. The van der Waals surface area contributed by atoms with Gasteiger partial charge in [0.25, 0.3) is 0 Å². The van der Waals surface area contributed by atoms with Gasteiger partial charge in [-0.05, 0) is 74.1 Å². The standard InChI is InChI=1S/C30H37FN4O3/c1-20(2)11-26-19-34(18-22-12-21(3)13-27(14-22)38-30(4,5)28(36)37)9-10-35(26)29-32-16-24(17-33-29)23-7-6-8-25(31)15-23/h6-8,12-17,20,26H,9-11,18-19H2,1-5H3,(H,36,37)/t26-/m1/s1. The minimum Gasteiger partial charge on any atom is -0.478 e. The van der Waals surface area contributed by atoms with E-state index in [1.807, 2.05) is 25.1 Å². The quantitative estimate of drug-likeness (QED) is 0.395. The molecule has 1 N–H and O–H groups in total. The number of ether oxygens (including phenoxy) is 1. The average Bonchev–Trinajstić information content (AvgIpc) is 2.83. The summed E-state index contributed by atoms with van der Waals surface area (Å²) < 4.78 is 19.5. The summed E-state index contributed by atoms with van der Waals surface area (Å²) in [5, 5.41) is 9.44. The Balaban J connectivity index is 1.48. The molecule has 0 spiro atoms. The Morgan fingerprint density at radius 3 is 2.53 bits per heavy atom. The highest BCUT2D eigenvalue weighted by atomic mass is 19.1. The van der Waals surface area contributed by atoms with Crippen LogP contribution in [0.1, 0.15) is 45.2 Å². The highest BCUT2D eigenvalue weighted by molar-refractivity contribution is 5.76. The molecule has 2 heterocycles. The lowest BCUT2D eigenvalue weighted by Gasteiger charge is -2.42. The zero-order valence-corrected chi connectivity index (χ0v) is 22.8. The first-order chi connectivity index (χ1) is 18.0. The van der Waals surface area contributed by atoms with Crippen molar-refractivity contribution in [2.45, 2.75) is 59.2 Å². The van der Waals surface area contributed by atoms with E-state index in [-0.39, 0.29) is 11.9 Å². The normalized spacial score (nSPS) is 16.6. The van der Waals surface area contributed by atoms with Crippen molar-refractivity contribution >= 4 is 11.9 Å². The van der Waals surface area contributed by atoms with Crippen molar-refractivity contribution in [3.05, 3.63) is 71.8 Å². The fourth-order valence-corrected chi connectivity index (χ4v) is 4.93. The average molecular weight is 521 g/mol. The highest BCUT2D eigenvalue weighted by Crippen LogP contribution is 2.27. The van der Waals surface area contributed by atoms with E-state index in [4.69, 9.17) is 4.74 Å². The number of carboxylic acids is 1. The number of halogens is 1. The molecule has 3 aromatic rings. The van der Waals surface area contributed by atoms with E-state index in [0.29, 0.717) is 17.6 Å². The summed E-state index contributed by atoms with van der Waals surface area (Å²) >= 11 is 0. The molecule has 0 saturated carbocycles. The van der Waals surface area contributed by atoms with Crippen LogP contribution in [0, 0.1) is 18.7 Å². The molecule has 4 rings (SSSR count). The maximum absolute atomic E-state index is 13.7. The summed E-state index contributed by atoms with van der Waals surface area (Å²) in [5.41, 5.74) is 2.36. The maximum Gasteiger partial charge on any atom is 0.347 e.